The third kappa shape index (κ3) is 7.66. The average molecular weight is 664 g/mol. The molecule has 1 atom stereocenters. The summed E-state index contributed by atoms with van der Waals surface area (Å²) in [5.41, 5.74) is 3.41. The van der Waals surface area contributed by atoms with Crippen LogP contribution in [0.1, 0.15) is 47.9 Å². The molecule has 1 aliphatic heterocycles. The number of hydrogen-bond donors (Lipinski definition) is 3. The van der Waals surface area contributed by atoms with Crippen LogP contribution in [0.3, 0.4) is 0 Å². The van der Waals surface area contributed by atoms with E-state index in [0.29, 0.717) is 17.4 Å². The molecule has 1 aliphatic rings. The summed E-state index contributed by atoms with van der Waals surface area (Å²) < 4.78 is 41.3. The van der Waals surface area contributed by atoms with Crippen molar-refractivity contribution in [2.45, 2.75) is 50.9 Å². The van der Waals surface area contributed by atoms with Crippen LogP contribution in [0, 0.1) is 0 Å². The number of para-hydroxylation sites is 1. The number of likely N-dealkylation sites (tertiary alicyclic amines) is 1. The Morgan fingerprint density at radius 2 is 1.66 bits per heavy atom. The van der Waals surface area contributed by atoms with Gasteiger partial charge >= 0.3 is 6.18 Å². The molecule has 0 unspecified atom stereocenters. The number of H-pyrrole nitrogens is 2. The van der Waals surface area contributed by atoms with Crippen LogP contribution in [0.2, 0.25) is 5.02 Å². The second-order valence-electron chi connectivity index (χ2n) is 12.4. The van der Waals surface area contributed by atoms with E-state index in [4.69, 9.17) is 11.6 Å². The van der Waals surface area contributed by atoms with Gasteiger partial charge in [-0.25, -0.2) is 0 Å². The molecule has 0 radical (unpaired) electrons. The molecule has 11 heteroatoms. The number of carbonyl (C=O) groups is 2. The fourth-order valence-electron chi connectivity index (χ4n) is 6.77. The number of rotatable bonds is 10. The monoisotopic (exact) mass is 663 g/mol. The first-order chi connectivity index (χ1) is 22.5. The second-order valence-corrected chi connectivity index (χ2v) is 12.8. The molecule has 7 nitrogen and oxygen atoms in total. The molecule has 3 heterocycles. The molecule has 6 rings (SSSR count). The highest BCUT2D eigenvalue weighted by Crippen LogP contribution is 2.35. The van der Waals surface area contributed by atoms with E-state index in [1.54, 1.807) is 0 Å². The van der Waals surface area contributed by atoms with E-state index in [2.05, 4.69) is 26.4 Å². The number of hydrogen-bond acceptors (Lipinski definition) is 3. The zero-order valence-corrected chi connectivity index (χ0v) is 26.8. The number of carbonyl (C=O) groups excluding carboxylic acids is 2. The Hall–Kier alpha value is -4.28. The Morgan fingerprint density at radius 3 is 2.43 bits per heavy atom. The molecule has 2 aromatic heterocycles. The van der Waals surface area contributed by atoms with E-state index in [0.717, 1.165) is 59.4 Å². The van der Waals surface area contributed by atoms with Gasteiger partial charge in [-0.3, -0.25) is 14.5 Å². The lowest BCUT2D eigenvalue weighted by molar-refractivity contribution is -0.139. The van der Waals surface area contributed by atoms with Gasteiger partial charge in [0.1, 0.15) is 0 Å². The van der Waals surface area contributed by atoms with E-state index >= 15 is 0 Å². The molecular formula is C36H37ClF3N5O2. The van der Waals surface area contributed by atoms with Crippen LogP contribution in [-0.4, -0.2) is 63.8 Å². The van der Waals surface area contributed by atoms with Gasteiger partial charge in [0, 0.05) is 59.2 Å². The molecule has 3 N–H and O–H groups in total. The lowest BCUT2D eigenvalue weighted by atomic mass is 9.89. The first-order valence-electron chi connectivity index (χ1n) is 15.8. The molecule has 0 saturated carbocycles. The Balaban J connectivity index is 1.15. The van der Waals surface area contributed by atoms with Crippen molar-refractivity contribution in [3.63, 3.8) is 0 Å². The smallest absolute Gasteiger partial charge is 0.361 e. The van der Waals surface area contributed by atoms with Crippen molar-refractivity contribution < 1.29 is 22.8 Å². The molecule has 246 valence electrons. The number of alkyl halides is 3. The summed E-state index contributed by atoms with van der Waals surface area (Å²) in [5.74, 6) is -0.216. The summed E-state index contributed by atoms with van der Waals surface area (Å²) in [6.07, 6.45) is 1.56. The van der Waals surface area contributed by atoms with Crippen molar-refractivity contribution in [1.82, 2.24) is 25.1 Å². The van der Waals surface area contributed by atoms with Gasteiger partial charge in [0.25, 0.3) is 0 Å². The average Bonchev–Trinajstić information content (AvgIpc) is 3.64. The van der Waals surface area contributed by atoms with Gasteiger partial charge in [0.05, 0.1) is 18.2 Å². The summed E-state index contributed by atoms with van der Waals surface area (Å²) in [6, 6.07) is 18.4. The van der Waals surface area contributed by atoms with Crippen LogP contribution >= 0.6 is 11.6 Å². The number of nitrogens with one attached hydrogen (secondary N) is 3. The maximum absolute atomic E-state index is 13.8. The first-order valence-corrected chi connectivity index (χ1v) is 16.2. The Kier molecular flexibility index (Phi) is 9.61. The van der Waals surface area contributed by atoms with E-state index < -0.39 is 17.8 Å². The molecule has 1 saturated heterocycles. The fraction of sp³-hybridized carbons (Fsp3) is 0.333. The van der Waals surface area contributed by atoms with Crippen molar-refractivity contribution in [2.75, 3.05) is 26.2 Å². The van der Waals surface area contributed by atoms with Gasteiger partial charge in [0.15, 0.2) is 0 Å². The highest BCUT2D eigenvalue weighted by atomic mass is 35.5. The molecular weight excluding hydrogens is 627 g/mol. The molecule has 3 aromatic carbocycles. The number of benzene rings is 3. The van der Waals surface area contributed by atoms with Crippen LogP contribution in [-0.2, 0) is 28.7 Å². The molecule has 0 bridgehead atoms. The summed E-state index contributed by atoms with van der Waals surface area (Å²) in [5, 5.41) is 5.94. The molecule has 47 heavy (non-hydrogen) atoms. The normalized spacial score (nSPS) is 15.3. The maximum atomic E-state index is 13.8. The molecule has 0 spiro atoms. The Morgan fingerprint density at radius 1 is 0.957 bits per heavy atom. The molecule has 0 aliphatic carbocycles. The summed E-state index contributed by atoms with van der Waals surface area (Å²) in [6.45, 7) is 2.84. The second kappa shape index (κ2) is 13.8. The number of nitrogens with zero attached hydrogens (tertiary/aromatic N) is 2. The van der Waals surface area contributed by atoms with Crippen LogP contribution in [0.15, 0.2) is 79.1 Å². The van der Waals surface area contributed by atoms with Gasteiger partial charge in [0.2, 0.25) is 11.8 Å². The number of halogens is 4. The minimum atomic E-state index is -4.55. The van der Waals surface area contributed by atoms with Crippen molar-refractivity contribution >= 4 is 45.2 Å². The van der Waals surface area contributed by atoms with Crippen LogP contribution < -0.4 is 5.32 Å². The van der Waals surface area contributed by atoms with Gasteiger partial charge in [-0.05, 0) is 85.3 Å². The van der Waals surface area contributed by atoms with Crippen LogP contribution in [0.5, 0.6) is 0 Å². The van der Waals surface area contributed by atoms with Crippen molar-refractivity contribution in [3.8, 4) is 0 Å². The third-order valence-electron chi connectivity index (χ3n) is 9.15. The number of piperidine rings is 1. The SMILES string of the molecule is CC(=O)N(Cc1ccccc1C(F)(F)F)C[C@@H](Cc1c[nH]c2ccccc12)NC(=O)CN1CCC(c2c[nH]c3ccc(Cl)cc23)CC1. The van der Waals surface area contributed by atoms with Crippen LogP contribution in [0.25, 0.3) is 21.8 Å². The molecule has 1 fully saturated rings. The van der Waals surface area contributed by atoms with Crippen molar-refractivity contribution in [1.29, 1.82) is 0 Å². The summed E-state index contributed by atoms with van der Waals surface area (Å²) >= 11 is 6.26. The van der Waals surface area contributed by atoms with E-state index in [9.17, 15) is 22.8 Å². The number of aromatic amines is 2. The zero-order chi connectivity index (χ0) is 33.1. The Labute approximate surface area is 276 Å². The summed E-state index contributed by atoms with van der Waals surface area (Å²) in [4.78, 5) is 36.4. The van der Waals surface area contributed by atoms with Crippen LogP contribution in [0.4, 0.5) is 13.2 Å². The van der Waals surface area contributed by atoms with Gasteiger partial charge in [-0.2, -0.15) is 13.2 Å². The van der Waals surface area contributed by atoms with Gasteiger partial charge in [-0.1, -0.05) is 48.0 Å². The van der Waals surface area contributed by atoms with Crippen molar-refractivity contribution in [2.24, 2.45) is 0 Å². The highest BCUT2D eigenvalue weighted by molar-refractivity contribution is 6.31. The molecule has 2 amide bonds. The third-order valence-corrected chi connectivity index (χ3v) is 9.38. The predicted molar refractivity (Wildman–Crippen MR) is 178 cm³/mol. The number of aromatic nitrogens is 2. The predicted octanol–water partition coefficient (Wildman–Crippen LogP) is 7.28. The van der Waals surface area contributed by atoms with E-state index in [-0.39, 0.29) is 37.0 Å². The topological polar surface area (TPSA) is 84.2 Å². The van der Waals surface area contributed by atoms with E-state index in [1.807, 2.05) is 48.7 Å². The zero-order valence-electron chi connectivity index (χ0n) is 26.0. The number of fused-ring (bicyclic) bond motifs is 2. The lowest BCUT2D eigenvalue weighted by Crippen LogP contribution is -2.49. The quantitative estimate of drug-likeness (QED) is 0.147. The minimum absolute atomic E-state index is 0.00714. The maximum Gasteiger partial charge on any atom is 0.416 e. The fourth-order valence-corrected chi connectivity index (χ4v) is 6.94. The summed E-state index contributed by atoms with van der Waals surface area (Å²) in [7, 11) is 0. The standard InChI is InChI=1S/C36H37ClF3N5O2/c1-23(46)45(20-25-6-2-4-8-32(25)36(38,39)40)21-28(16-26-18-41-33-9-5-3-7-29(26)33)43-35(47)22-44-14-12-24(13-15-44)31-19-42-34-11-10-27(37)17-30(31)34/h2-11,17-19,24,28,41-42H,12-16,20-22H2,1H3,(H,43,47)/t28-/m1/s1. The number of amides is 2. The Bertz CT molecular complexity index is 1880. The minimum Gasteiger partial charge on any atom is -0.361 e. The van der Waals surface area contributed by atoms with Gasteiger partial charge in [-0.15, -0.1) is 0 Å². The van der Waals surface area contributed by atoms with E-state index in [1.165, 1.54) is 35.6 Å². The highest BCUT2D eigenvalue weighted by Gasteiger charge is 2.34. The lowest BCUT2D eigenvalue weighted by Gasteiger charge is -2.32. The molecule has 5 aromatic rings. The first kappa shape index (κ1) is 32.7. The van der Waals surface area contributed by atoms with Gasteiger partial charge < -0.3 is 20.2 Å². The largest absolute Gasteiger partial charge is 0.416 e. The van der Waals surface area contributed by atoms with Crippen molar-refractivity contribution in [3.05, 3.63) is 106 Å².